The summed E-state index contributed by atoms with van der Waals surface area (Å²) in [6.07, 6.45) is 0.595. The number of imide groups is 1. The molecule has 1 aliphatic heterocycles. The first-order valence-corrected chi connectivity index (χ1v) is 9.38. The maximum Gasteiger partial charge on any atom is 0.421 e. The molecule has 3 rings (SSSR count). The van der Waals surface area contributed by atoms with E-state index in [0.717, 1.165) is 27.9 Å². The largest absolute Gasteiger partial charge is 0.443 e. The Morgan fingerprint density at radius 1 is 1.11 bits per heavy atom. The van der Waals surface area contributed by atoms with E-state index in [4.69, 9.17) is 4.74 Å². The van der Waals surface area contributed by atoms with E-state index in [1.54, 1.807) is 32.9 Å². The number of hydrogen-bond acceptors (Lipinski definition) is 4. The Bertz CT molecular complexity index is 911. The van der Waals surface area contributed by atoms with E-state index in [1.807, 2.05) is 43.3 Å². The molecular formula is C23H25NO4. The average molecular weight is 379 g/mol. The van der Waals surface area contributed by atoms with Gasteiger partial charge in [-0.25, -0.2) is 9.69 Å². The van der Waals surface area contributed by atoms with Gasteiger partial charge in [0.25, 0.3) is 5.91 Å². The number of carbonyl (C=O) groups is 3. The van der Waals surface area contributed by atoms with Crippen LogP contribution in [0.25, 0.3) is 0 Å². The predicted octanol–water partition coefficient (Wildman–Crippen LogP) is 4.54. The zero-order valence-corrected chi connectivity index (χ0v) is 16.7. The summed E-state index contributed by atoms with van der Waals surface area (Å²) in [5, 5.41) is 0. The van der Waals surface area contributed by atoms with Crippen molar-refractivity contribution in [1.29, 1.82) is 0 Å². The highest BCUT2D eigenvalue weighted by molar-refractivity contribution is 6.22. The lowest BCUT2D eigenvalue weighted by atomic mass is 9.72. The summed E-state index contributed by atoms with van der Waals surface area (Å²) < 4.78 is 5.50. The van der Waals surface area contributed by atoms with E-state index in [9.17, 15) is 14.4 Å². The van der Waals surface area contributed by atoms with Crippen LogP contribution in [-0.2, 0) is 19.7 Å². The first kappa shape index (κ1) is 19.8. The highest BCUT2D eigenvalue weighted by atomic mass is 16.6. The molecule has 146 valence electrons. The van der Waals surface area contributed by atoms with Crippen molar-refractivity contribution in [3.05, 3.63) is 65.2 Å². The van der Waals surface area contributed by atoms with Gasteiger partial charge in [-0.3, -0.25) is 4.79 Å². The Balaban J connectivity index is 2.20. The van der Waals surface area contributed by atoms with E-state index in [2.05, 4.69) is 0 Å². The Hall–Kier alpha value is -2.95. The number of aryl methyl sites for hydroxylation is 1. The first-order chi connectivity index (χ1) is 13.2. The van der Waals surface area contributed by atoms with Gasteiger partial charge in [0.15, 0.2) is 0 Å². The van der Waals surface area contributed by atoms with Crippen LogP contribution in [0, 0.1) is 6.92 Å². The van der Waals surface area contributed by atoms with E-state index < -0.39 is 17.1 Å². The maximum absolute atomic E-state index is 13.7. The zero-order valence-electron chi connectivity index (χ0n) is 16.7. The number of rotatable bonds is 4. The second-order valence-electron chi connectivity index (χ2n) is 8.11. The number of fused-ring (bicyclic) bond motifs is 1. The van der Waals surface area contributed by atoms with E-state index in [0.29, 0.717) is 5.69 Å². The molecule has 0 aromatic heterocycles. The molecule has 0 unspecified atom stereocenters. The number of para-hydroxylation sites is 1. The number of hydrogen-bond donors (Lipinski definition) is 0. The van der Waals surface area contributed by atoms with Crippen molar-refractivity contribution in [3.8, 4) is 0 Å². The van der Waals surface area contributed by atoms with Crippen molar-refractivity contribution < 1.29 is 19.1 Å². The Kier molecular flexibility index (Phi) is 5.11. The highest BCUT2D eigenvalue weighted by Gasteiger charge is 2.54. The van der Waals surface area contributed by atoms with E-state index >= 15 is 0 Å². The fourth-order valence-electron chi connectivity index (χ4n) is 3.71. The summed E-state index contributed by atoms with van der Waals surface area (Å²) in [6, 6.07) is 14.9. The second kappa shape index (κ2) is 7.23. The predicted molar refractivity (Wildman–Crippen MR) is 107 cm³/mol. The van der Waals surface area contributed by atoms with Gasteiger partial charge in [-0.15, -0.1) is 0 Å². The van der Waals surface area contributed by atoms with Crippen LogP contribution >= 0.6 is 0 Å². The molecule has 1 atom stereocenters. The van der Waals surface area contributed by atoms with Crippen LogP contribution in [0.2, 0.25) is 0 Å². The first-order valence-electron chi connectivity index (χ1n) is 9.38. The van der Waals surface area contributed by atoms with Crippen molar-refractivity contribution in [2.75, 3.05) is 4.90 Å². The van der Waals surface area contributed by atoms with Gasteiger partial charge in [0.05, 0.1) is 5.69 Å². The number of ether oxygens (including phenoxy) is 1. The fourth-order valence-corrected chi connectivity index (χ4v) is 3.71. The molecule has 0 spiro atoms. The molecule has 5 heteroatoms. The van der Waals surface area contributed by atoms with E-state index in [1.165, 1.54) is 0 Å². The van der Waals surface area contributed by atoms with Gasteiger partial charge in [0.2, 0.25) is 0 Å². The SMILES string of the molecule is Cc1ccc([C@@]2(CCC=O)C(=O)N(C(=O)OC(C)(C)C)c3ccccc32)cc1. The summed E-state index contributed by atoms with van der Waals surface area (Å²) in [5.74, 6) is -0.381. The lowest BCUT2D eigenvalue weighted by Crippen LogP contribution is -2.46. The molecule has 0 saturated heterocycles. The lowest BCUT2D eigenvalue weighted by Gasteiger charge is -2.29. The molecule has 0 N–H and O–H groups in total. The third kappa shape index (κ3) is 3.33. The van der Waals surface area contributed by atoms with Crippen LogP contribution in [0.5, 0.6) is 0 Å². The summed E-state index contributed by atoms with van der Waals surface area (Å²) >= 11 is 0. The standard InChI is InChI=1S/C23H25NO4/c1-16-10-12-17(13-11-16)23(14-7-15-25)18-8-5-6-9-19(18)24(20(23)26)21(27)28-22(2,3)4/h5-6,8-13,15H,7,14H2,1-4H3/t23-/m1/s1. The fraction of sp³-hybridized carbons (Fsp3) is 0.348. The summed E-state index contributed by atoms with van der Waals surface area (Å²) in [4.78, 5) is 38.9. The smallest absolute Gasteiger partial charge is 0.421 e. The third-order valence-corrected chi connectivity index (χ3v) is 4.93. The van der Waals surface area contributed by atoms with Crippen LogP contribution < -0.4 is 4.90 Å². The van der Waals surface area contributed by atoms with E-state index in [-0.39, 0.29) is 18.7 Å². The van der Waals surface area contributed by atoms with Gasteiger partial charge in [0.1, 0.15) is 17.3 Å². The van der Waals surface area contributed by atoms with Gasteiger partial charge < -0.3 is 9.53 Å². The highest BCUT2D eigenvalue weighted by Crippen LogP contribution is 2.49. The topological polar surface area (TPSA) is 63.7 Å². The number of carbonyl (C=O) groups excluding carboxylic acids is 3. The molecule has 0 fully saturated rings. The molecule has 2 aromatic carbocycles. The van der Waals surface area contributed by atoms with Crippen molar-refractivity contribution in [2.45, 2.75) is 51.6 Å². The molecule has 5 nitrogen and oxygen atoms in total. The van der Waals surface area contributed by atoms with Crippen LogP contribution in [0.15, 0.2) is 48.5 Å². The molecule has 1 heterocycles. The van der Waals surface area contributed by atoms with Gasteiger partial charge in [-0.05, 0) is 51.3 Å². The molecular weight excluding hydrogens is 354 g/mol. The molecule has 0 saturated carbocycles. The lowest BCUT2D eigenvalue weighted by molar-refractivity contribution is -0.122. The van der Waals surface area contributed by atoms with Crippen LogP contribution in [0.4, 0.5) is 10.5 Å². The van der Waals surface area contributed by atoms with Crippen molar-refractivity contribution in [2.24, 2.45) is 0 Å². The Labute approximate surface area is 165 Å². The quantitative estimate of drug-likeness (QED) is 0.732. The summed E-state index contributed by atoms with van der Waals surface area (Å²) in [7, 11) is 0. The van der Waals surface area contributed by atoms with Crippen molar-refractivity contribution in [3.63, 3.8) is 0 Å². The molecule has 0 radical (unpaired) electrons. The number of anilines is 1. The Morgan fingerprint density at radius 3 is 2.36 bits per heavy atom. The van der Waals surface area contributed by atoms with Crippen molar-refractivity contribution in [1.82, 2.24) is 0 Å². The Morgan fingerprint density at radius 2 is 1.75 bits per heavy atom. The van der Waals surface area contributed by atoms with Gasteiger partial charge in [-0.1, -0.05) is 48.0 Å². The second-order valence-corrected chi connectivity index (χ2v) is 8.11. The van der Waals surface area contributed by atoms with Gasteiger partial charge in [0, 0.05) is 6.42 Å². The number of nitrogens with zero attached hydrogens (tertiary/aromatic N) is 1. The minimum atomic E-state index is -1.10. The zero-order chi connectivity index (χ0) is 20.5. The molecule has 0 bridgehead atoms. The van der Waals surface area contributed by atoms with Crippen LogP contribution in [0.3, 0.4) is 0 Å². The summed E-state index contributed by atoms with van der Waals surface area (Å²) in [6.45, 7) is 7.25. The molecule has 2 amide bonds. The minimum absolute atomic E-state index is 0.204. The summed E-state index contributed by atoms with van der Waals surface area (Å²) in [5.41, 5.74) is 1.23. The van der Waals surface area contributed by atoms with Gasteiger partial charge >= 0.3 is 6.09 Å². The van der Waals surface area contributed by atoms with Crippen LogP contribution in [0.1, 0.15) is 50.3 Å². The number of aldehydes is 1. The number of amides is 2. The monoisotopic (exact) mass is 379 g/mol. The third-order valence-electron chi connectivity index (χ3n) is 4.93. The molecule has 28 heavy (non-hydrogen) atoms. The normalized spacial score (nSPS) is 18.7. The minimum Gasteiger partial charge on any atom is -0.443 e. The van der Waals surface area contributed by atoms with Gasteiger partial charge in [-0.2, -0.15) is 0 Å². The molecule has 1 aliphatic rings. The van der Waals surface area contributed by atoms with Crippen LogP contribution in [-0.4, -0.2) is 23.9 Å². The number of benzene rings is 2. The maximum atomic E-state index is 13.7. The van der Waals surface area contributed by atoms with Crippen molar-refractivity contribution >= 4 is 24.0 Å². The molecule has 0 aliphatic carbocycles. The molecule has 2 aromatic rings. The average Bonchev–Trinajstić information content (AvgIpc) is 2.88.